The number of nitrogens with two attached hydrogens (primary N) is 1. The molecular formula is C14H22N2O. The topological polar surface area (TPSA) is 58.6 Å². The van der Waals surface area contributed by atoms with E-state index in [-0.39, 0.29) is 11.3 Å². The Balaban J connectivity index is 3.03. The number of rotatable bonds is 3. The highest BCUT2D eigenvalue weighted by Gasteiger charge is 2.32. The van der Waals surface area contributed by atoms with Crippen molar-refractivity contribution in [1.29, 1.82) is 0 Å². The first-order valence-corrected chi connectivity index (χ1v) is 5.78. The summed E-state index contributed by atoms with van der Waals surface area (Å²) in [6.45, 7) is 9.72. The van der Waals surface area contributed by atoms with Crippen molar-refractivity contribution < 1.29 is 5.11 Å². The summed E-state index contributed by atoms with van der Waals surface area (Å²) in [6.07, 6.45) is 1.69. The lowest BCUT2D eigenvalue weighted by atomic mass is 9.84. The minimum Gasteiger partial charge on any atom is -0.507 e. The van der Waals surface area contributed by atoms with E-state index in [0.29, 0.717) is 0 Å². The number of hydrogen-bond acceptors (Lipinski definition) is 3. The molecule has 0 bridgehead atoms. The summed E-state index contributed by atoms with van der Waals surface area (Å²) in [5.41, 5.74) is 6.84. The Morgan fingerprint density at radius 2 is 1.82 bits per heavy atom. The van der Waals surface area contributed by atoms with Crippen molar-refractivity contribution in [2.24, 2.45) is 10.7 Å². The third-order valence-electron chi connectivity index (χ3n) is 3.37. The van der Waals surface area contributed by atoms with Crippen LogP contribution in [-0.4, -0.2) is 22.4 Å². The molecule has 0 unspecified atom stereocenters. The van der Waals surface area contributed by atoms with Crippen LogP contribution in [0.5, 0.6) is 5.75 Å². The van der Waals surface area contributed by atoms with Gasteiger partial charge in [0.25, 0.3) is 0 Å². The number of aliphatic imine (C=N–C) groups is 1. The number of phenolic OH excluding ortho intramolecular Hbond substituents is 1. The van der Waals surface area contributed by atoms with E-state index in [1.807, 2.05) is 52.8 Å². The first-order valence-electron chi connectivity index (χ1n) is 5.78. The lowest BCUT2D eigenvalue weighted by molar-refractivity contribution is 0.313. The molecule has 0 aliphatic carbocycles. The van der Waals surface area contributed by atoms with Gasteiger partial charge in [0, 0.05) is 17.3 Å². The van der Waals surface area contributed by atoms with E-state index in [2.05, 4.69) is 4.99 Å². The highest BCUT2D eigenvalue weighted by atomic mass is 16.3. The van der Waals surface area contributed by atoms with Gasteiger partial charge in [-0.15, -0.1) is 0 Å². The third-order valence-corrected chi connectivity index (χ3v) is 3.37. The first kappa shape index (κ1) is 13.7. The van der Waals surface area contributed by atoms with Crippen molar-refractivity contribution in [3.8, 4) is 5.75 Å². The van der Waals surface area contributed by atoms with Crippen LogP contribution < -0.4 is 5.73 Å². The molecule has 0 saturated heterocycles. The van der Waals surface area contributed by atoms with Crippen molar-refractivity contribution in [1.82, 2.24) is 0 Å². The van der Waals surface area contributed by atoms with E-state index < -0.39 is 5.54 Å². The van der Waals surface area contributed by atoms with Crippen LogP contribution in [0.4, 0.5) is 0 Å². The van der Waals surface area contributed by atoms with E-state index in [4.69, 9.17) is 5.73 Å². The van der Waals surface area contributed by atoms with Crippen molar-refractivity contribution in [3.63, 3.8) is 0 Å². The summed E-state index contributed by atoms with van der Waals surface area (Å²) in [5.74, 6) is 0.280. The van der Waals surface area contributed by atoms with Crippen LogP contribution in [0.1, 0.15) is 38.8 Å². The molecule has 0 heterocycles. The molecule has 0 radical (unpaired) electrons. The summed E-state index contributed by atoms with van der Waals surface area (Å²) >= 11 is 0. The average molecular weight is 234 g/mol. The molecular weight excluding hydrogens is 212 g/mol. The molecule has 0 aromatic heterocycles. The normalized spacial score (nSPS) is 13.3. The first-order chi connectivity index (χ1) is 7.65. The number of hydrogen-bond donors (Lipinski definition) is 2. The highest BCUT2D eigenvalue weighted by molar-refractivity contribution is 5.84. The second-order valence-electron chi connectivity index (χ2n) is 5.55. The fourth-order valence-electron chi connectivity index (χ4n) is 1.18. The number of aryl methyl sites for hydroxylation is 1. The second-order valence-corrected chi connectivity index (χ2v) is 5.55. The zero-order valence-electron chi connectivity index (χ0n) is 11.3. The lowest BCUT2D eigenvalue weighted by Crippen LogP contribution is -2.51. The quantitative estimate of drug-likeness (QED) is 0.790. The van der Waals surface area contributed by atoms with Crippen LogP contribution in [0, 0.1) is 6.92 Å². The molecule has 0 aliphatic rings. The van der Waals surface area contributed by atoms with Crippen molar-refractivity contribution >= 4 is 6.21 Å². The number of para-hydroxylation sites is 1. The van der Waals surface area contributed by atoms with Crippen molar-refractivity contribution in [3.05, 3.63) is 29.3 Å². The van der Waals surface area contributed by atoms with Gasteiger partial charge in [-0.05, 0) is 46.2 Å². The van der Waals surface area contributed by atoms with Gasteiger partial charge in [-0.25, -0.2) is 0 Å². The molecule has 3 N–H and O–H groups in total. The largest absolute Gasteiger partial charge is 0.507 e. The van der Waals surface area contributed by atoms with Crippen LogP contribution in [0.15, 0.2) is 23.2 Å². The van der Waals surface area contributed by atoms with E-state index in [9.17, 15) is 5.11 Å². The van der Waals surface area contributed by atoms with E-state index in [0.717, 1.165) is 11.1 Å². The summed E-state index contributed by atoms with van der Waals surface area (Å²) < 4.78 is 0. The summed E-state index contributed by atoms with van der Waals surface area (Å²) in [4.78, 5) is 4.49. The molecule has 1 aromatic rings. The van der Waals surface area contributed by atoms with Gasteiger partial charge in [0.05, 0.1) is 5.54 Å². The molecule has 3 heteroatoms. The van der Waals surface area contributed by atoms with E-state index in [1.54, 1.807) is 6.21 Å². The fourth-order valence-corrected chi connectivity index (χ4v) is 1.18. The van der Waals surface area contributed by atoms with Gasteiger partial charge in [0.15, 0.2) is 0 Å². The smallest absolute Gasteiger partial charge is 0.127 e. The van der Waals surface area contributed by atoms with Crippen LogP contribution in [0.2, 0.25) is 0 Å². The van der Waals surface area contributed by atoms with Gasteiger partial charge in [0.2, 0.25) is 0 Å². The molecule has 1 aromatic carbocycles. The second kappa shape index (κ2) is 4.49. The predicted octanol–water partition coefficient (Wildman–Crippen LogP) is 2.64. The van der Waals surface area contributed by atoms with Gasteiger partial charge in [0.1, 0.15) is 5.75 Å². The lowest BCUT2D eigenvalue weighted by Gasteiger charge is -2.34. The molecule has 1 rings (SSSR count). The number of aromatic hydroxyl groups is 1. The predicted molar refractivity (Wildman–Crippen MR) is 72.8 cm³/mol. The number of benzene rings is 1. The minimum absolute atomic E-state index is 0.280. The fraction of sp³-hybridized carbons (Fsp3) is 0.500. The Hall–Kier alpha value is -1.35. The molecule has 0 spiro atoms. The average Bonchev–Trinajstić information content (AvgIpc) is 2.18. The Morgan fingerprint density at radius 3 is 2.35 bits per heavy atom. The zero-order chi connectivity index (χ0) is 13.3. The third kappa shape index (κ3) is 3.07. The Bertz CT molecular complexity index is 428. The summed E-state index contributed by atoms with van der Waals surface area (Å²) in [6, 6.07) is 5.60. The maximum Gasteiger partial charge on any atom is 0.127 e. The minimum atomic E-state index is -0.414. The maximum atomic E-state index is 9.87. The molecule has 0 amide bonds. The highest BCUT2D eigenvalue weighted by Crippen LogP contribution is 2.24. The molecule has 17 heavy (non-hydrogen) atoms. The van der Waals surface area contributed by atoms with Crippen molar-refractivity contribution in [2.75, 3.05) is 0 Å². The van der Waals surface area contributed by atoms with Crippen LogP contribution >= 0.6 is 0 Å². The molecule has 0 fully saturated rings. The summed E-state index contributed by atoms with van der Waals surface area (Å²) in [5, 5.41) is 9.87. The van der Waals surface area contributed by atoms with Crippen LogP contribution in [-0.2, 0) is 0 Å². The van der Waals surface area contributed by atoms with Gasteiger partial charge in [-0.3, -0.25) is 4.99 Å². The standard InChI is InChI=1S/C14H22N2O/c1-10-7-6-8-11(12(10)17)9-16-14(4,5)13(2,3)15/h6-9,17H,15H2,1-5H3. The van der Waals surface area contributed by atoms with Gasteiger partial charge < -0.3 is 10.8 Å². The zero-order valence-corrected chi connectivity index (χ0v) is 11.3. The molecule has 0 atom stereocenters. The van der Waals surface area contributed by atoms with Gasteiger partial charge in [-0.1, -0.05) is 12.1 Å². The molecule has 0 aliphatic heterocycles. The molecule has 3 nitrogen and oxygen atoms in total. The maximum absolute atomic E-state index is 9.87. The Morgan fingerprint density at radius 1 is 1.24 bits per heavy atom. The Kier molecular flexibility index (Phi) is 3.62. The van der Waals surface area contributed by atoms with Crippen LogP contribution in [0.25, 0.3) is 0 Å². The number of phenols is 1. The summed E-state index contributed by atoms with van der Waals surface area (Å²) in [7, 11) is 0. The monoisotopic (exact) mass is 234 g/mol. The molecule has 0 saturated carbocycles. The van der Waals surface area contributed by atoms with E-state index >= 15 is 0 Å². The van der Waals surface area contributed by atoms with Crippen LogP contribution in [0.3, 0.4) is 0 Å². The van der Waals surface area contributed by atoms with Crippen molar-refractivity contribution in [2.45, 2.75) is 45.7 Å². The van der Waals surface area contributed by atoms with Gasteiger partial charge >= 0.3 is 0 Å². The molecule has 94 valence electrons. The number of nitrogens with zero attached hydrogens (tertiary/aromatic N) is 1. The van der Waals surface area contributed by atoms with E-state index in [1.165, 1.54) is 0 Å². The Labute approximate surface area is 103 Å². The van der Waals surface area contributed by atoms with Gasteiger partial charge in [-0.2, -0.15) is 0 Å². The SMILES string of the molecule is Cc1cccc(C=NC(C)(C)C(C)(C)N)c1O.